The van der Waals surface area contributed by atoms with Crippen molar-refractivity contribution in [2.24, 2.45) is 0 Å². The maximum absolute atomic E-state index is 12.1. The first-order valence-electron chi connectivity index (χ1n) is 4.87. The Balaban J connectivity index is 2.02. The Morgan fingerprint density at radius 3 is 2.68 bits per heavy atom. The molecule has 0 N–H and O–H groups in total. The molecule has 1 aromatic heterocycles. The van der Waals surface area contributed by atoms with E-state index in [1.165, 1.54) is 12.1 Å². The number of aromatic nitrogens is 2. The largest absolute Gasteiger partial charge is 0.573 e. The first-order chi connectivity index (χ1) is 8.94. The molecule has 0 aliphatic heterocycles. The maximum atomic E-state index is 12.1. The molecule has 2 aromatic rings. The van der Waals surface area contributed by atoms with Crippen molar-refractivity contribution < 1.29 is 27.2 Å². The van der Waals surface area contributed by atoms with Crippen LogP contribution in [0.2, 0.25) is 0 Å². The van der Waals surface area contributed by atoms with Gasteiger partial charge in [-0.15, -0.1) is 13.2 Å². The quantitative estimate of drug-likeness (QED) is 0.855. The van der Waals surface area contributed by atoms with Gasteiger partial charge in [-0.2, -0.15) is 4.98 Å². The topological polar surface area (TPSA) is 57.4 Å². The molecule has 1 heterocycles. The van der Waals surface area contributed by atoms with Gasteiger partial charge in [0.2, 0.25) is 12.2 Å². The van der Waals surface area contributed by atoms with Gasteiger partial charge in [0.25, 0.3) is 0 Å². The molecular formula is C10H6BrF3N2O3. The lowest BCUT2D eigenvalue weighted by Gasteiger charge is -2.11. The zero-order chi connectivity index (χ0) is 13.9. The second kappa shape index (κ2) is 5.47. The van der Waals surface area contributed by atoms with Gasteiger partial charge in [-0.1, -0.05) is 5.16 Å². The smallest absolute Gasteiger partial charge is 0.485 e. The predicted octanol–water partition coefficient (Wildman–Crippen LogP) is 3.31. The fraction of sp³-hybridized carbons (Fsp3) is 0.200. The first-order valence-corrected chi connectivity index (χ1v) is 5.67. The first kappa shape index (κ1) is 13.7. The van der Waals surface area contributed by atoms with Crippen LogP contribution in [0.4, 0.5) is 13.2 Å². The molecule has 0 saturated carbocycles. The van der Waals surface area contributed by atoms with Crippen molar-refractivity contribution in [2.45, 2.75) is 13.0 Å². The summed E-state index contributed by atoms with van der Waals surface area (Å²) >= 11 is 2.96. The normalized spacial score (nSPS) is 11.4. The van der Waals surface area contributed by atoms with Crippen molar-refractivity contribution in [3.63, 3.8) is 0 Å². The van der Waals surface area contributed by atoms with Crippen molar-refractivity contribution in [1.29, 1.82) is 0 Å². The number of benzene rings is 1. The van der Waals surface area contributed by atoms with Gasteiger partial charge in [0.1, 0.15) is 11.5 Å². The van der Waals surface area contributed by atoms with Crippen molar-refractivity contribution >= 4 is 15.9 Å². The summed E-state index contributed by atoms with van der Waals surface area (Å²) < 4.78 is 49.8. The van der Waals surface area contributed by atoms with E-state index < -0.39 is 6.36 Å². The average molecular weight is 339 g/mol. The molecule has 0 atom stereocenters. The molecule has 0 fully saturated rings. The highest BCUT2D eigenvalue weighted by Crippen LogP contribution is 2.33. The maximum Gasteiger partial charge on any atom is 0.573 e. The molecule has 0 amide bonds. The molecule has 5 nitrogen and oxygen atoms in total. The number of halogens is 4. The molecule has 0 spiro atoms. The molecule has 0 bridgehead atoms. The van der Waals surface area contributed by atoms with E-state index in [9.17, 15) is 13.2 Å². The summed E-state index contributed by atoms with van der Waals surface area (Å²) in [6.07, 6.45) is -3.59. The Bertz CT molecular complexity index is 545. The molecule has 0 unspecified atom stereocenters. The van der Waals surface area contributed by atoms with Crippen molar-refractivity contribution in [3.05, 3.63) is 34.9 Å². The van der Waals surface area contributed by atoms with Crippen LogP contribution in [0.15, 0.2) is 33.6 Å². The van der Waals surface area contributed by atoms with Crippen LogP contribution in [-0.4, -0.2) is 16.5 Å². The van der Waals surface area contributed by atoms with Crippen LogP contribution in [0.3, 0.4) is 0 Å². The number of hydrogen-bond acceptors (Lipinski definition) is 5. The van der Waals surface area contributed by atoms with Crippen LogP contribution < -0.4 is 9.47 Å². The summed E-state index contributed by atoms with van der Waals surface area (Å²) in [5.74, 6) is 0.317. The molecular weight excluding hydrogens is 333 g/mol. The fourth-order valence-electron chi connectivity index (χ4n) is 1.18. The lowest BCUT2D eigenvalue weighted by atomic mass is 10.3. The van der Waals surface area contributed by atoms with Crippen LogP contribution in [0.5, 0.6) is 11.5 Å². The van der Waals surface area contributed by atoms with Crippen molar-refractivity contribution in [2.75, 3.05) is 0 Å². The number of hydrogen-bond donors (Lipinski definition) is 0. The predicted molar refractivity (Wildman–Crippen MR) is 59.5 cm³/mol. The van der Waals surface area contributed by atoms with Crippen LogP contribution in [0, 0.1) is 0 Å². The lowest BCUT2D eigenvalue weighted by Crippen LogP contribution is -2.17. The highest BCUT2D eigenvalue weighted by atomic mass is 79.9. The van der Waals surface area contributed by atoms with E-state index in [1.54, 1.807) is 0 Å². The number of alkyl halides is 3. The van der Waals surface area contributed by atoms with E-state index in [0.717, 1.165) is 12.5 Å². The Morgan fingerprint density at radius 1 is 1.32 bits per heavy atom. The van der Waals surface area contributed by atoms with E-state index in [1.807, 2.05) is 0 Å². The van der Waals surface area contributed by atoms with Gasteiger partial charge < -0.3 is 14.0 Å². The standard InChI is InChI=1S/C10H6BrF3N2O3/c11-7-3-6(17-4-9-15-5-18-16-9)1-2-8(7)19-10(12,13)14/h1-3,5H,4H2. The molecule has 1 aromatic carbocycles. The van der Waals surface area contributed by atoms with Crippen LogP contribution in [-0.2, 0) is 6.61 Å². The summed E-state index contributed by atoms with van der Waals surface area (Å²) in [6, 6.07) is 3.83. The van der Waals surface area contributed by atoms with E-state index in [-0.39, 0.29) is 16.8 Å². The number of rotatable bonds is 4. The molecule has 0 aliphatic carbocycles. The van der Waals surface area contributed by atoms with Crippen molar-refractivity contribution in [1.82, 2.24) is 10.1 Å². The van der Waals surface area contributed by atoms with Gasteiger partial charge >= 0.3 is 6.36 Å². The summed E-state index contributed by atoms with van der Waals surface area (Å²) in [5, 5.41) is 3.52. The zero-order valence-corrected chi connectivity index (χ0v) is 10.7. The third-order valence-corrected chi connectivity index (χ3v) is 2.52. The van der Waals surface area contributed by atoms with E-state index in [2.05, 4.69) is 35.3 Å². The summed E-state index contributed by atoms with van der Waals surface area (Å²) in [7, 11) is 0. The SMILES string of the molecule is FC(F)(F)Oc1ccc(OCc2ncon2)cc1Br. The minimum absolute atomic E-state index is 0.0441. The monoisotopic (exact) mass is 338 g/mol. The van der Waals surface area contributed by atoms with E-state index in [4.69, 9.17) is 4.74 Å². The highest BCUT2D eigenvalue weighted by Gasteiger charge is 2.31. The molecule has 19 heavy (non-hydrogen) atoms. The summed E-state index contributed by atoms with van der Waals surface area (Å²) in [4.78, 5) is 3.73. The summed E-state index contributed by atoms with van der Waals surface area (Å²) in [6.45, 7) is 0.0441. The van der Waals surface area contributed by atoms with Gasteiger partial charge in [0.05, 0.1) is 4.47 Å². The third kappa shape index (κ3) is 4.12. The Kier molecular flexibility index (Phi) is 3.93. The molecule has 9 heteroatoms. The van der Waals surface area contributed by atoms with Gasteiger partial charge in [-0.3, -0.25) is 0 Å². The van der Waals surface area contributed by atoms with Gasteiger partial charge in [0, 0.05) is 0 Å². The minimum atomic E-state index is -4.74. The van der Waals surface area contributed by atoms with Crippen molar-refractivity contribution in [3.8, 4) is 11.5 Å². The number of ether oxygens (including phenoxy) is 2. The van der Waals surface area contributed by atoms with E-state index >= 15 is 0 Å². The Labute approximate surface area is 113 Å². The third-order valence-electron chi connectivity index (χ3n) is 1.90. The van der Waals surface area contributed by atoms with Crippen LogP contribution in [0.25, 0.3) is 0 Å². The fourth-order valence-corrected chi connectivity index (χ4v) is 1.62. The second-order valence-electron chi connectivity index (χ2n) is 3.28. The van der Waals surface area contributed by atoms with Crippen LogP contribution >= 0.6 is 15.9 Å². The molecule has 0 saturated heterocycles. The Hall–Kier alpha value is -1.77. The summed E-state index contributed by atoms with van der Waals surface area (Å²) in [5.41, 5.74) is 0. The van der Waals surface area contributed by atoms with E-state index in [0.29, 0.717) is 11.6 Å². The average Bonchev–Trinajstić information content (AvgIpc) is 2.81. The van der Waals surface area contributed by atoms with Gasteiger partial charge in [-0.05, 0) is 34.1 Å². The molecule has 102 valence electrons. The highest BCUT2D eigenvalue weighted by molar-refractivity contribution is 9.10. The second-order valence-corrected chi connectivity index (χ2v) is 4.13. The van der Waals surface area contributed by atoms with Gasteiger partial charge in [-0.25, -0.2) is 0 Å². The molecule has 2 rings (SSSR count). The van der Waals surface area contributed by atoms with Gasteiger partial charge in [0.15, 0.2) is 6.61 Å². The lowest BCUT2D eigenvalue weighted by molar-refractivity contribution is -0.274. The minimum Gasteiger partial charge on any atom is -0.485 e. The van der Waals surface area contributed by atoms with Crippen LogP contribution in [0.1, 0.15) is 5.82 Å². The molecule has 0 aliphatic rings. The zero-order valence-electron chi connectivity index (χ0n) is 9.15. The number of nitrogens with zero attached hydrogens (tertiary/aromatic N) is 2. The molecule has 0 radical (unpaired) electrons. The Morgan fingerprint density at radius 2 is 2.11 bits per heavy atom.